The van der Waals surface area contributed by atoms with E-state index in [0.717, 1.165) is 72.3 Å². The van der Waals surface area contributed by atoms with E-state index in [2.05, 4.69) is 44.7 Å². The molecule has 0 aromatic carbocycles. The van der Waals surface area contributed by atoms with Crippen LogP contribution in [-0.4, -0.2) is 67.6 Å². The molecule has 0 saturated carbocycles. The lowest BCUT2D eigenvalue weighted by Gasteiger charge is -2.40. The number of hydrogen-bond acceptors (Lipinski definition) is 8. The largest absolute Gasteiger partial charge is 0.382 e. The molecule has 0 aliphatic carbocycles. The number of ether oxygens (including phenoxy) is 1. The quantitative estimate of drug-likeness (QED) is 0.479. The minimum absolute atomic E-state index is 0.325. The zero-order valence-electron chi connectivity index (χ0n) is 20.4. The molecule has 10 heteroatoms. The van der Waals surface area contributed by atoms with Crippen LogP contribution in [0.5, 0.6) is 0 Å². The summed E-state index contributed by atoms with van der Waals surface area (Å²) in [6.45, 7) is 6.66. The van der Waals surface area contributed by atoms with Crippen molar-refractivity contribution in [3.63, 3.8) is 0 Å². The number of pyridine rings is 2. The van der Waals surface area contributed by atoms with Gasteiger partial charge >= 0.3 is 0 Å². The minimum atomic E-state index is 0.325. The number of nitrogen functional groups attached to an aromatic ring is 1. The van der Waals surface area contributed by atoms with E-state index in [1.165, 1.54) is 6.42 Å². The van der Waals surface area contributed by atoms with Gasteiger partial charge in [0.25, 0.3) is 0 Å². The molecule has 0 bridgehead atoms. The maximum absolute atomic E-state index is 6.46. The highest BCUT2D eigenvalue weighted by molar-refractivity contribution is 7.99. The van der Waals surface area contributed by atoms with Gasteiger partial charge in [-0.05, 0) is 63.4 Å². The van der Waals surface area contributed by atoms with E-state index in [-0.39, 0.29) is 0 Å². The second kappa shape index (κ2) is 10.7. The van der Waals surface area contributed by atoms with E-state index in [9.17, 15) is 0 Å². The Hall–Kier alpha value is -2.07. The average molecular weight is 504 g/mol. The maximum Gasteiger partial charge on any atom is 0.170 e. The van der Waals surface area contributed by atoms with E-state index in [0.29, 0.717) is 16.3 Å². The number of hydrogen-bond donors (Lipinski definition) is 1. The van der Waals surface area contributed by atoms with Gasteiger partial charge in [-0.2, -0.15) is 5.10 Å². The monoisotopic (exact) mass is 503 g/mol. The van der Waals surface area contributed by atoms with E-state index < -0.39 is 0 Å². The third-order valence-corrected chi connectivity index (χ3v) is 8.45. The normalized spacial score (nSPS) is 18.6. The lowest BCUT2D eigenvalue weighted by atomic mass is 9.78. The van der Waals surface area contributed by atoms with Gasteiger partial charge in [0, 0.05) is 50.6 Å². The predicted molar refractivity (Wildman–Crippen MR) is 140 cm³/mol. The molecule has 2 saturated heterocycles. The van der Waals surface area contributed by atoms with Gasteiger partial charge in [-0.1, -0.05) is 23.4 Å². The van der Waals surface area contributed by atoms with E-state index in [1.807, 2.05) is 31.3 Å². The van der Waals surface area contributed by atoms with Crippen molar-refractivity contribution < 1.29 is 4.74 Å². The van der Waals surface area contributed by atoms with Gasteiger partial charge < -0.3 is 24.8 Å². The van der Waals surface area contributed by atoms with Crippen molar-refractivity contribution in [1.82, 2.24) is 14.5 Å². The second-order valence-electron chi connectivity index (χ2n) is 9.46. The van der Waals surface area contributed by atoms with Crippen molar-refractivity contribution in [2.45, 2.75) is 36.0 Å². The summed E-state index contributed by atoms with van der Waals surface area (Å²) >= 11 is 8.01. The first kappa shape index (κ1) is 25.0. The number of aryl methyl sites for hydroxylation is 1. The smallest absolute Gasteiger partial charge is 0.170 e. The minimum Gasteiger partial charge on any atom is -0.382 e. The molecule has 184 valence electrons. The van der Waals surface area contributed by atoms with Gasteiger partial charge in [0.15, 0.2) is 5.49 Å². The molecule has 2 aromatic rings. The number of anilines is 2. The molecule has 2 N–H and O–H groups in total. The van der Waals surface area contributed by atoms with Crippen LogP contribution in [0.2, 0.25) is 5.02 Å². The van der Waals surface area contributed by atoms with E-state index in [1.54, 1.807) is 18.0 Å². The second-order valence-corrected chi connectivity index (χ2v) is 10.9. The van der Waals surface area contributed by atoms with Gasteiger partial charge in [-0.25, -0.2) is 4.98 Å². The van der Waals surface area contributed by atoms with Gasteiger partial charge in [0.05, 0.1) is 16.5 Å². The van der Waals surface area contributed by atoms with Crippen molar-refractivity contribution in [3.05, 3.63) is 34.4 Å². The summed E-state index contributed by atoms with van der Waals surface area (Å²) in [6, 6.07) is 4.12. The molecule has 2 aliphatic heterocycles. The fourth-order valence-electron chi connectivity index (χ4n) is 4.51. The van der Waals surface area contributed by atoms with Crippen molar-refractivity contribution in [3.8, 4) is 0 Å². The fraction of sp³-hybridized carbons (Fsp3) is 0.542. The van der Waals surface area contributed by atoms with Gasteiger partial charge in [0.1, 0.15) is 11.6 Å². The number of rotatable bonds is 6. The molecule has 4 heterocycles. The highest BCUT2D eigenvalue weighted by atomic mass is 35.5. The molecule has 8 nitrogen and oxygen atoms in total. The Kier molecular flexibility index (Phi) is 7.87. The number of halogens is 1. The molecule has 0 atom stereocenters. The molecule has 1 spiro atoms. The Balaban J connectivity index is 1.71. The highest BCUT2D eigenvalue weighted by Gasteiger charge is 2.38. The van der Waals surface area contributed by atoms with Crippen molar-refractivity contribution in [1.29, 1.82) is 0 Å². The van der Waals surface area contributed by atoms with Gasteiger partial charge in [0.2, 0.25) is 0 Å². The third-order valence-electron chi connectivity index (χ3n) is 6.67. The molecule has 2 fully saturated rings. The van der Waals surface area contributed by atoms with Crippen LogP contribution in [0.3, 0.4) is 0 Å². The van der Waals surface area contributed by atoms with Crippen LogP contribution in [0.25, 0.3) is 0 Å². The van der Waals surface area contributed by atoms with E-state index >= 15 is 0 Å². The first-order valence-electron chi connectivity index (χ1n) is 11.6. The summed E-state index contributed by atoms with van der Waals surface area (Å²) in [4.78, 5) is 10.4. The lowest BCUT2D eigenvalue weighted by Crippen LogP contribution is -2.42. The van der Waals surface area contributed by atoms with Crippen LogP contribution < -0.4 is 16.1 Å². The molecule has 34 heavy (non-hydrogen) atoms. The Morgan fingerprint density at radius 3 is 2.76 bits per heavy atom. The third kappa shape index (κ3) is 5.43. The fourth-order valence-corrected chi connectivity index (χ4v) is 5.77. The molecule has 4 rings (SSSR count). The number of aromatic nitrogens is 2. The van der Waals surface area contributed by atoms with Crippen LogP contribution in [0.4, 0.5) is 11.6 Å². The summed E-state index contributed by atoms with van der Waals surface area (Å²) in [7, 11) is 6.07. The lowest BCUT2D eigenvalue weighted by molar-refractivity contribution is 0.133. The van der Waals surface area contributed by atoms with Crippen LogP contribution in [0.15, 0.2) is 38.3 Å². The van der Waals surface area contributed by atoms with Crippen LogP contribution in [-0.2, 0) is 11.8 Å². The van der Waals surface area contributed by atoms with Crippen molar-refractivity contribution in [2.75, 3.05) is 57.6 Å². The summed E-state index contributed by atoms with van der Waals surface area (Å²) in [6.07, 6.45) is 6.98. The molecular weight excluding hydrogens is 470 g/mol. The van der Waals surface area contributed by atoms with Crippen molar-refractivity contribution >= 4 is 41.2 Å². The molecule has 0 radical (unpaired) electrons. The Labute approximate surface area is 210 Å². The summed E-state index contributed by atoms with van der Waals surface area (Å²) in [5.41, 5.74) is 8.23. The first-order chi connectivity index (χ1) is 16.3. The Morgan fingerprint density at radius 2 is 2.09 bits per heavy atom. The van der Waals surface area contributed by atoms with E-state index in [4.69, 9.17) is 22.1 Å². The number of piperidine rings is 1. The predicted octanol–water partition coefficient (Wildman–Crippen LogP) is 3.57. The Bertz CT molecular complexity index is 1120. The maximum atomic E-state index is 6.46. The molecule has 0 amide bonds. The molecule has 2 aromatic heterocycles. The SMILES string of the molecule is Cc1cc(N2CCC3(CCOC3)CC2)n(C)/c(=N\N=C\CN(C)C)c1Sc1ccnc(N)c1Cl. The molecule has 2 aliphatic rings. The highest BCUT2D eigenvalue weighted by Crippen LogP contribution is 2.41. The van der Waals surface area contributed by atoms with Crippen LogP contribution in [0.1, 0.15) is 24.8 Å². The number of nitrogens with two attached hydrogens (primary N) is 1. The first-order valence-corrected chi connectivity index (χ1v) is 12.8. The average Bonchev–Trinajstić information content (AvgIpc) is 3.26. The van der Waals surface area contributed by atoms with Crippen molar-refractivity contribution in [2.24, 2.45) is 22.7 Å². The molecule has 0 unspecified atom stereocenters. The van der Waals surface area contributed by atoms with Crippen LogP contribution >= 0.6 is 23.4 Å². The van der Waals surface area contributed by atoms with Crippen LogP contribution in [0, 0.1) is 12.3 Å². The zero-order chi connectivity index (χ0) is 24.3. The van der Waals surface area contributed by atoms with Gasteiger partial charge in [-0.15, -0.1) is 5.10 Å². The summed E-state index contributed by atoms with van der Waals surface area (Å²) in [5, 5.41) is 9.51. The topological polar surface area (TPSA) is 84.3 Å². The molecular formula is C24H34ClN7OS. The number of nitrogens with zero attached hydrogens (tertiary/aromatic N) is 6. The standard InChI is InChI=1S/C24H34ClN7OS/c1-17-15-19(32-11-6-24(7-12-32)8-14-33-16-24)31(4)23(29-28-10-13-30(2)3)21(17)34-18-5-9-27-22(26)20(18)25/h5,9-10,15H,6-8,11-14,16H2,1-4H3,(H2,26,27)/b28-10+,29-23-. The Morgan fingerprint density at radius 1 is 1.32 bits per heavy atom. The van der Waals surface area contributed by atoms with Gasteiger partial charge in [-0.3, -0.25) is 0 Å². The zero-order valence-corrected chi connectivity index (χ0v) is 22.0. The summed E-state index contributed by atoms with van der Waals surface area (Å²) in [5.74, 6) is 1.48. The summed E-state index contributed by atoms with van der Waals surface area (Å²) < 4.78 is 7.86.